The van der Waals surface area contributed by atoms with Gasteiger partial charge in [0.15, 0.2) is 0 Å². The molecule has 39 heavy (non-hydrogen) atoms. The summed E-state index contributed by atoms with van der Waals surface area (Å²) in [7, 11) is 0.0599. The van der Waals surface area contributed by atoms with E-state index in [2.05, 4.69) is 69.2 Å². The third kappa shape index (κ3) is 5.55. The van der Waals surface area contributed by atoms with Crippen molar-refractivity contribution >= 4 is 56.0 Å². The van der Waals surface area contributed by atoms with Crippen LogP contribution < -0.4 is 14.9 Å². The molecule has 4 aromatic rings. The average molecular weight is 545 g/mol. The van der Waals surface area contributed by atoms with Crippen LogP contribution in [-0.2, 0) is 16.4 Å². The van der Waals surface area contributed by atoms with Gasteiger partial charge in [0.25, 0.3) is 0 Å². The van der Waals surface area contributed by atoms with E-state index in [1.54, 1.807) is 30.6 Å². The number of anilines is 5. The maximum Gasteiger partial charge on any atom is 0.232 e. The normalized spacial score (nSPS) is 15.8. The minimum Gasteiger partial charge on any atom is -0.338 e. The Balaban J connectivity index is 1.51. The van der Waals surface area contributed by atoms with Gasteiger partial charge in [-0.2, -0.15) is 4.98 Å². The first kappa shape index (κ1) is 26.5. The van der Waals surface area contributed by atoms with Crippen molar-refractivity contribution in [3.8, 4) is 0 Å². The van der Waals surface area contributed by atoms with E-state index in [-0.39, 0.29) is 0 Å². The van der Waals surface area contributed by atoms with Crippen molar-refractivity contribution in [1.29, 1.82) is 0 Å². The molecule has 10 nitrogen and oxygen atoms in total. The molecular weight excluding hydrogens is 512 g/mol. The number of benzene rings is 2. The third-order valence-corrected chi connectivity index (χ3v) is 8.18. The number of hydrogen-bond acceptors (Lipinski definition) is 9. The second-order valence-corrected chi connectivity index (χ2v) is 11.9. The molecule has 0 aliphatic carbocycles. The highest BCUT2D eigenvalue weighted by Gasteiger charge is 2.22. The number of fused-ring (bicyclic) bond motifs is 2. The first-order valence-electron chi connectivity index (χ1n) is 12.7. The maximum absolute atomic E-state index is 12.5. The molecule has 1 unspecified atom stereocenters. The van der Waals surface area contributed by atoms with Crippen molar-refractivity contribution in [3.63, 3.8) is 0 Å². The Bertz CT molecular complexity index is 1660. The van der Waals surface area contributed by atoms with Crippen LogP contribution in [0.3, 0.4) is 0 Å². The predicted molar refractivity (Wildman–Crippen MR) is 158 cm³/mol. The van der Waals surface area contributed by atoms with Gasteiger partial charge in [0, 0.05) is 50.0 Å². The van der Waals surface area contributed by atoms with Crippen molar-refractivity contribution in [2.75, 3.05) is 48.4 Å². The van der Waals surface area contributed by atoms with E-state index in [9.17, 15) is 8.42 Å². The van der Waals surface area contributed by atoms with Gasteiger partial charge in [-0.15, -0.1) is 0 Å². The van der Waals surface area contributed by atoms with Crippen LogP contribution in [0.1, 0.15) is 29.5 Å². The SMILES string of the molecule is C=Cc1cnc(Nc2ccc3c(c2)C(C)CN(C)CC3)nc1Nc1ccc2nccnc2c1N(C)S(C)(=O)=O. The number of hydrogen-bond donors (Lipinski definition) is 2. The summed E-state index contributed by atoms with van der Waals surface area (Å²) in [5.74, 6) is 1.29. The molecule has 0 radical (unpaired) electrons. The van der Waals surface area contributed by atoms with Gasteiger partial charge in [-0.3, -0.25) is 14.3 Å². The Morgan fingerprint density at radius 3 is 2.69 bits per heavy atom. The zero-order chi connectivity index (χ0) is 27.7. The molecule has 1 aliphatic heterocycles. The summed E-state index contributed by atoms with van der Waals surface area (Å²) in [5.41, 5.74) is 6.16. The smallest absolute Gasteiger partial charge is 0.232 e. The Kier molecular flexibility index (Phi) is 7.19. The molecule has 2 aromatic carbocycles. The molecule has 11 heteroatoms. The monoisotopic (exact) mass is 544 g/mol. The number of likely N-dealkylation sites (N-methyl/N-ethyl adjacent to an activating group) is 1. The van der Waals surface area contributed by atoms with Gasteiger partial charge in [-0.25, -0.2) is 13.4 Å². The van der Waals surface area contributed by atoms with Crippen molar-refractivity contribution < 1.29 is 8.42 Å². The highest BCUT2D eigenvalue weighted by Crippen LogP contribution is 2.36. The largest absolute Gasteiger partial charge is 0.338 e. The summed E-state index contributed by atoms with van der Waals surface area (Å²) in [6.45, 7) is 8.20. The van der Waals surface area contributed by atoms with Crippen LogP contribution in [0.4, 0.5) is 28.8 Å². The van der Waals surface area contributed by atoms with Crippen molar-refractivity contribution in [2.24, 2.45) is 0 Å². The van der Waals surface area contributed by atoms with Gasteiger partial charge < -0.3 is 15.5 Å². The van der Waals surface area contributed by atoms with Gasteiger partial charge in [0.1, 0.15) is 17.0 Å². The summed E-state index contributed by atoms with van der Waals surface area (Å²) >= 11 is 0. The molecule has 0 spiro atoms. The third-order valence-electron chi connectivity index (χ3n) is 7.00. The highest BCUT2D eigenvalue weighted by atomic mass is 32.2. The predicted octanol–water partition coefficient (Wildman–Crippen LogP) is 4.54. The lowest BCUT2D eigenvalue weighted by Crippen LogP contribution is -2.26. The van der Waals surface area contributed by atoms with Crippen LogP contribution in [0.5, 0.6) is 0 Å². The molecule has 0 amide bonds. The molecule has 0 saturated carbocycles. The first-order chi connectivity index (χ1) is 18.6. The second-order valence-electron chi connectivity index (χ2n) is 9.89. The Morgan fingerprint density at radius 2 is 1.92 bits per heavy atom. The van der Waals surface area contributed by atoms with Crippen LogP contribution in [0.15, 0.2) is 55.5 Å². The number of rotatable bonds is 7. The van der Waals surface area contributed by atoms with Crippen LogP contribution in [0, 0.1) is 0 Å². The van der Waals surface area contributed by atoms with Gasteiger partial charge in [0.05, 0.1) is 17.5 Å². The van der Waals surface area contributed by atoms with Crippen LogP contribution in [0.25, 0.3) is 17.1 Å². The Labute approximate surface area is 228 Å². The van der Waals surface area contributed by atoms with Gasteiger partial charge in [0.2, 0.25) is 16.0 Å². The van der Waals surface area contributed by atoms with Gasteiger partial charge >= 0.3 is 0 Å². The summed E-state index contributed by atoms with van der Waals surface area (Å²) in [4.78, 5) is 20.3. The minimum atomic E-state index is -3.59. The summed E-state index contributed by atoms with van der Waals surface area (Å²) in [6.07, 6.45) is 8.59. The zero-order valence-corrected chi connectivity index (χ0v) is 23.3. The topological polar surface area (TPSA) is 116 Å². The number of sulfonamides is 1. The van der Waals surface area contributed by atoms with Crippen molar-refractivity contribution in [3.05, 3.63) is 72.2 Å². The van der Waals surface area contributed by atoms with Crippen molar-refractivity contribution in [2.45, 2.75) is 19.3 Å². The zero-order valence-electron chi connectivity index (χ0n) is 22.5. The number of nitrogens with one attached hydrogen (secondary N) is 2. The minimum absolute atomic E-state index is 0.371. The maximum atomic E-state index is 12.5. The van der Waals surface area contributed by atoms with E-state index >= 15 is 0 Å². The molecule has 2 aromatic heterocycles. The molecule has 5 rings (SSSR count). The average Bonchev–Trinajstić information content (AvgIpc) is 3.05. The fourth-order valence-corrected chi connectivity index (χ4v) is 5.41. The first-order valence-corrected chi connectivity index (χ1v) is 14.5. The van der Waals surface area contributed by atoms with Crippen LogP contribution in [-0.4, -0.2) is 66.7 Å². The molecule has 1 aliphatic rings. The van der Waals surface area contributed by atoms with Crippen LogP contribution >= 0.6 is 0 Å². The van der Waals surface area contributed by atoms with E-state index in [0.717, 1.165) is 31.5 Å². The summed E-state index contributed by atoms with van der Waals surface area (Å²) in [5, 5.41) is 6.63. The van der Waals surface area contributed by atoms with E-state index in [1.807, 2.05) is 0 Å². The number of aromatic nitrogens is 4. The van der Waals surface area contributed by atoms with Gasteiger partial charge in [-0.05, 0) is 54.8 Å². The highest BCUT2D eigenvalue weighted by molar-refractivity contribution is 7.92. The molecule has 2 N–H and O–H groups in total. The number of nitrogens with zero attached hydrogens (tertiary/aromatic N) is 6. The molecule has 0 fully saturated rings. The second kappa shape index (κ2) is 10.6. The molecule has 3 heterocycles. The Hall–Kier alpha value is -4.09. The van der Waals surface area contributed by atoms with Gasteiger partial charge in [-0.1, -0.05) is 25.6 Å². The summed E-state index contributed by atoms with van der Waals surface area (Å²) in [6, 6.07) is 9.95. The lowest BCUT2D eigenvalue weighted by molar-refractivity contribution is 0.332. The molecule has 1 atom stereocenters. The van der Waals surface area contributed by atoms with Crippen LogP contribution in [0.2, 0.25) is 0 Å². The molecular formula is C28H32N8O2S. The molecule has 202 valence electrons. The Morgan fingerprint density at radius 1 is 1.13 bits per heavy atom. The van der Waals surface area contributed by atoms with E-state index in [4.69, 9.17) is 4.98 Å². The van der Waals surface area contributed by atoms with E-state index < -0.39 is 10.0 Å². The summed E-state index contributed by atoms with van der Waals surface area (Å²) < 4.78 is 26.2. The van der Waals surface area contributed by atoms with E-state index in [1.165, 1.54) is 28.7 Å². The lowest BCUT2D eigenvalue weighted by atomic mass is 9.95. The fraction of sp³-hybridized carbons (Fsp3) is 0.286. The fourth-order valence-electron chi connectivity index (χ4n) is 4.89. The molecule has 0 saturated heterocycles. The molecule has 0 bridgehead atoms. The van der Waals surface area contributed by atoms with Crippen molar-refractivity contribution in [1.82, 2.24) is 24.8 Å². The lowest BCUT2D eigenvalue weighted by Gasteiger charge is -2.22. The standard InChI is InChI=1S/C28H32N8O2S/c1-6-19-16-31-28(32-21-8-7-20-11-14-35(3)17-18(2)22(20)15-21)34-27(19)33-24-10-9-23-25(30-13-12-29-23)26(24)36(4)39(5,37)38/h6-10,12-13,15-16,18H,1,11,14,17H2,2-5H3,(H2,31,32,33,34). The quantitative estimate of drug-likeness (QED) is 0.346. The van der Waals surface area contributed by atoms with E-state index in [0.29, 0.717) is 45.7 Å².